The van der Waals surface area contributed by atoms with Gasteiger partial charge >= 0.3 is 6.09 Å². The molecule has 1 saturated heterocycles. The zero-order chi connectivity index (χ0) is 28.0. The van der Waals surface area contributed by atoms with Crippen molar-refractivity contribution in [3.05, 3.63) is 77.5 Å². The van der Waals surface area contributed by atoms with Crippen molar-refractivity contribution in [2.45, 2.75) is 44.6 Å². The van der Waals surface area contributed by atoms with Gasteiger partial charge in [0.1, 0.15) is 11.4 Å². The Balaban J connectivity index is 1.32. The Labute approximate surface area is 232 Å². The Hall–Kier alpha value is -4.40. The first-order valence-electron chi connectivity index (χ1n) is 13.7. The molecule has 3 heterocycles. The number of aromatic nitrogens is 3. The maximum atomic E-state index is 14.1. The number of carbonyl (C=O) groups excluding carboxylic acids is 2. The van der Waals surface area contributed by atoms with Crippen LogP contribution in [0.2, 0.25) is 0 Å². The quantitative estimate of drug-likeness (QED) is 0.364. The van der Waals surface area contributed by atoms with Crippen molar-refractivity contribution in [2.24, 2.45) is 0 Å². The third-order valence-electron chi connectivity index (χ3n) is 7.54. The number of hydrogen-bond acceptors (Lipinski definition) is 6. The number of aromatic hydroxyl groups is 1. The van der Waals surface area contributed by atoms with Gasteiger partial charge in [-0.15, -0.1) is 0 Å². The second-order valence-electron chi connectivity index (χ2n) is 11.6. The number of aromatic amines is 1. The number of fused-ring (bicyclic) bond motifs is 1. The van der Waals surface area contributed by atoms with E-state index < -0.39 is 5.60 Å². The summed E-state index contributed by atoms with van der Waals surface area (Å²) >= 11 is 0. The highest BCUT2D eigenvalue weighted by Gasteiger charge is 2.43. The Kier molecular flexibility index (Phi) is 6.44. The number of ether oxygens (including phenoxy) is 1. The number of phenols is 1. The van der Waals surface area contributed by atoms with Gasteiger partial charge < -0.3 is 19.6 Å². The minimum Gasteiger partial charge on any atom is -0.508 e. The van der Waals surface area contributed by atoms with Crippen LogP contribution in [0.3, 0.4) is 0 Å². The summed E-state index contributed by atoms with van der Waals surface area (Å²) in [5, 5.41) is 18.3. The summed E-state index contributed by atoms with van der Waals surface area (Å²) in [7, 11) is 0. The SMILES string of the molecule is CC(C)(C)OC(=O)N1CCN(C(=O)c2cc(-c3ccc(O)cc3)nc3[nH]nc([C@H]4C[C@@H]4c4ccccc4)c23)CC1. The fourth-order valence-electron chi connectivity index (χ4n) is 5.43. The molecule has 2 aliphatic rings. The first-order chi connectivity index (χ1) is 19.2. The van der Waals surface area contributed by atoms with E-state index >= 15 is 0 Å². The number of carbonyl (C=O) groups is 2. The van der Waals surface area contributed by atoms with Crippen LogP contribution in [0.5, 0.6) is 5.75 Å². The van der Waals surface area contributed by atoms with Gasteiger partial charge in [-0.2, -0.15) is 5.10 Å². The van der Waals surface area contributed by atoms with Gasteiger partial charge in [-0.05, 0) is 69.0 Å². The topological polar surface area (TPSA) is 112 Å². The average Bonchev–Trinajstić information content (AvgIpc) is 3.63. The van der Waals surface area contributed by atoms with Crippen LogP contribution in [0.15, 0.2) is 60.7 Å². The van der Waals surface area contributed by atoms with Crippen LogP contribution < -0.4 is 0 Å². The molecule has 6 rings (SSSR count). The Morgan fingerprint density at radius 3 is 2.30 bits per heavy atom. The molecule has 2 aromatic carbocycles. The van der Waals surface area contributed by atoms with E-state index in [1.54, 1.807) is 34.1 Å². The number of piperazine rings is 1. The van der Waals surface area contributed by atoms with E-state index in [-0.39, 0.29) is 23.7 Å². The molecule has 0 radical (unpaired) electrons. The molecule has 9 nitrogen and oxygen atoms in total. The Morgan fingerprint density at radius 2 is 1.62 bits per heavy atom. The van der Waals surface area contributed by atoms with E-state index in [2.05, 4.69) is 22.3 Å². The summed E-state index contributed by atoms with van der Waals surface area (Å²) in [5.41, 5.74) is 4.07. The highest BCUT2D eigenvalue weighted by molar-refractivity contribution is 6.07. The summed E-state index contributed by atoms with van der Waals surface area (Å²) in [4.78, 5) is 34.9. The third-order valence-corrected chi connectivity index (χ3v) is 7.54. The van der Waals surface area contributed by atoms with Crippen molar-refractivity contribution >= 4 is 23.0 Å². The number of amides is 2. The molecule has 9 heteroatoms. The number of H-pyrrole nitrogens is 1. The summed E-state index contributed by atoms with van der Waals surface area (Å²) in [6.07, 6.45) is 0.601. The second-order valence-corrected chi connectivity index (χ2v) is 11.6. The lowest BCUT2D eigenvalue weighted by molar-refractivity contribution is 0.0141. The summed E-state index contributed by atoms with van der Waals surface area (Å²) in [6.45, 7) is 7.13. The highest BCUT2D eigenvalue weighted by atomic mass is 16.6. The van der Waals surface area contributed by atoms with Crippen LogP contribution in [0.1, 0.15) is 60.6 Å². The van der Waals surface area contributed by atoms with E-state index in [1.165, 1.54) is 5.56 Å². The molecule has 2 atom stereocenters. The highest BCUT2D eigenvalue weighted by Crippen LogP contribution is 2.55. The fraction of sp³-hybridized carbons (Fsp3) is 0.355. The number of rotatable bonds is 4. The summed E-state index contributed by atoms with van der Waals surface area (Å²) < 4.78 is 5.52. The predicted octanol–water partition coefficient (Wildman–Crippen LogP) is 5.29. The van der Waals surface area contributed by atoms with Crippen molar-refractivity contribution in [2.75, 3.05) is 26.2 Å². The zero-order valence-electron chi connectivity index (χ0n) is 22.9. The van der Waals surface area contributed by atoms with Gasteiger partial charge in [0.05, 0.1) is 22.3 Å². The predicted molar refractivity (Wildman–Crippen MR) is 151 cm³/mol. The monoisotopic (exact) mass is 539 g/mol. The summed E-state index contributed by atoms with van der Waals surface area (Å²) in [6, 6.07) is 19.0. The molecule has 0 bridgehead atoms. The van der Waals surface area contributed by atoms with Crippen LogP contribution in [0.4, 0.5) is 4.79 Å². The largest absolute Gasteiger partial charge is 0.508 e. The van der Waals surface area contributed by atoms with E-state index in [0.717, 1.165) is 23.1 Å². The minimum atomic E-state index is -0.574. The lowest BCUT2D eigenvalue weighted by Gasteiger charge is -2.35. The zero-order valence-corrected chi connectivity index (χ0v) is 22.9. The molecule has 40 heavy (non-hydrogen) atoms. The Morgan fingerprint density at radius 1 is 0.950 bits per heavy atom. The smallest absolute Gasteiger partial charge is 0.410 e. The standard InChI is InChI=1S/C31H33N5O4/c1-31(2,3)40-30(39)36-15-13-35(14-16-36)29(38)24-18-25(20-9-11-21(37)12-10-20)32-28-26(24)27(33-34-28)23-17-22(23)19-7-5-4-6-8-19/h4-12,18,22-23,37H,13-17H2,1-3H3,(H,32,33,34)/t22-,23+/m1/s1. The van der Waals surface area contributed by atoms with Gasteiger partial charge in [0.2, 0.25) is 0 Å². The van der Waals surface area contributed by atoms with Gasteiger partial charge in [0.25, 0.3) is 5.91 Å². The van der Waals surface area contributed by atoms with Crippen molar-refractivity contribution in [1.29, 1.82) is 0 Å². The van der Waals surface area contributed by atoms with Crippen molar-refractivity contribution in [1.82, 2.24) is 25.0 Å². The van der Waals surface area contributed by atoms with Crippen LogP contribution in [0, 0.1) is 0 Å². The first kappa shape index (κ1) is 25.9. The number of phenolic OH excluding ortho intramolecular Hbond substituents is 1. The van der Waals surface area contributed by atoms with Crippen molar-refractivity contribution in [3.8, 4) is 17.0 Å². The molecule has 1 aliphatic heterocycles. The average molecular weight is 540 g/mol. The molecule has 1 saturated carbocycles. The summed E-state index contributed by atoms with van der Waals surface area (Å²) in [5.74, 6) is 0.599. The Bertz CT molecular complexity index is 1550. The number of hydrogen-bond donors (Lipinski definition) is 2. The van der Waals surface area contributed by atoms with Crippen LogP contribution in [-0.4, -0.2) is 73.9 Å². The van der Waals surface area contributed by atoms with Crippen LogP contribution >= 0.6 is 0 Å². The number of nitrogens with zero attached hydrogens (tertiary/aromatic N) is 4. The lowest BCUT2D eigenvalue weighted by atomic mass is 10.0. The first-order valence-corrected chi connectivity index (χ1v) is 13.7. The van der Waals surface area contributed by atoms with E-state index in [1.807, 2.05) is 45.0 Å². The van der Waals surface area contributed by atoms with Gasteiger partial charge in [-0.3, -0.25) is 9.89 Å². The van der Waals surface area contributed by atoms with Gasteiger partial charge in [0.15, 0.2) is 5.65 Å². The maximum Gasteiger partial charge on any atom is 0.410 e. The van der Waals surface area contributed by atoms with E-state index in [9.17, 15) is 14.7 Å². The number of nitrogens with one attached hydrogen (secondary N) is 1. The molecule has 2 N–H and O–H groups in total. The van der Waals surface area contributed by atoms with Crippen LogP contribution in [0.25, 0.3) is 22.3 Å². The number of benzene rings is 2. The normalized spacial score (nSPS) is 19.1. The molecule has 2 aromatic heterocycles. The van der Waals surface area contributed by atoms with Crippen molar-refractivity contribution < 1.29 is 19.4 Å². The molecule has 0 spiro atoms. The molecule has 2 fully saturated rings. The van der Waals surface area contributed by atoms with Gasteiger partial charge in [0, 0.05) is 37.7 Å². The maximum absolute atomic E-state index is 14.1. The van der Waals surface area contributed by atoms with Crippen LogP contribution in [-0.2, 0) is 4.74 Å². The molecular formula is C31H33N5O4. The third kappa shape index (κ3) is 5.11. The fourth-order valence-corrected chi connectivity index (χ4v) is 5.43. The lowest BCUT2D eigenvalue weighted by Crippen LogP contribution is -2.51. The molecule has 2 amide bonds. The molecular weight excluding hydrogens is 506 g/mol. The van der Waals surface area contributed by atoms with Gasteiger partial charge in [-0.25, -0.2) is 9.78 Å². The second kappa shape index (κ2) is 9.97. The van der Waals surface area contributed by atoms with Crippen molar-refractivity contribution in [3.63, 3.8) is 0 Å². The minimum absolute atomic E-state index is 0.115. The molecule has 0 unspecified atom stereocenters. The van der Waals surface area contributed by atoms with Gasteiger partial charge in [-0.1, -0.05) is 30.3 Å². The van der Waals surface area contributed by atoms with E-state index in [4.69, 9.17) is 9.72 Å². The number of pyridine rings is 1. The molecule has 4 aromatic rings. The van der Waals surface area contributed by atoms with E-state index in [0.29, 0.717) is 49.0 Å². The molecule has 1 aliphatic carbocycles. The molecule has 206 valence electrons.